The van der Waals surface area contributed by atoms with Crippen LogP contribution in [0.2, 0.25) is 0 Å². The zero-order valence-corrected chi connectivity index (χ0v) is 16.9. The summed E-state index contributed by atoms with van der Waals surface area (Å²) in [6.45, 7) is 2.26. The van der Waals surface area contributed by atoms with Crippen LogP contribution < -0.4 is 4.90 Å². The Morgan fingerprint density at radius 2 is 1.35 bits per heavy atom. The molecule has 0 fully saturated rings. The van der Waals surface area contributed by atoms with E-state index in [9.17, 15) is 4.79 Å². The zero-order chi connectivity index (χ0) is 18.8. The minimum atomic E-state index is 0.284. The average Bonchev–Trinajstić information content (AvgIpc) is 2.65. The van der Waals surface area contributed by atoms with Crippen LogP contribution in [0.1, 0.15) is 81.5 Å². The minimum absolute atomic E-state index is 0.284. The molecule has 0 heterocycles. The quantitative estimate of drug-likeness (QED) is 0.302. The van der Waals surface area contributed by atoms with Crippen molar-refractivity contribution < 1.29 is 4.79 Å². The van der Waals surface area contributed by atoms with Crippen molar-refractivity contribution in [2.75, 3.05) is 19.0 Å². The third-order valence-corrected chi connectivity index (χ3v) is 5.17. The Bertz CT molecular complexity index is 690. The summed E-state index contributed by atoms with van der Waals surface area (Å²) < 4.78 is 0. The Morgan fingerprint density at radius 1 is 0.769 bits per heavy atom. The van der Waals surface area contributed by atoms with Crippen LogP contribution in [0.25, 0.3) is 10.8 Å². The number of unbranched alkanes of at least 4 members (excludes halogenated alkanes) is 8. The second-order valence-electron chi connectivity index (χ2n) is 7.64. The molecule has 0 aliphatic heterocycles. The topological polar surface area (TPSA) is 20.3 Å². The van der Waals surface area contributed by atoms with Crippen molar-refractivity contribution in [1.82, 2.24) is 0 Å². The molecule has 2 nitrogen and oxygen atoms in total. The number of carbonyl (C=O) groups is 1. The second-order valence-corrected chi connectivity index (χ2v) is 7.64. The standard InChI is InChI=1S/C24H35NO/c1-4-5-6-7-8-9-10-11-12-13-24(26)22-15-14-21-19-23(25(2)3)17-16-20(21)18-22/h14-19H,4-13H2,1-3H3. The Kier molecular flexibility index (Phi) is 8.67. The summed E-state index contributed by atoms with van der Waals surface area (Å²) >= 11 is 0. The molecule has 26 heavy (non-hydrogen) atoms. The van der Waals surface area contributed by atoms with Crippen molar-refractivity contribution in [2.24, 2.45) is 0 Å². The lowest BCUT2D eigenvalue weighted by Crippen LogP contribution is -2.08. The molecule has 2 aromatic carbocycles. The summed E-state index contributed by atoms with van der Waals surface area (Å²) in [7, 11) is 4.09. The number of benzene rings is 2. The van der Waals surface area contributed by atoms with Crippen LogP contribution in [-0.2, 0) is 0 Å². The number of carbonyl (C=O) groups excluding carboxylic acids is 1. The molecule has 0 atom stereocenters. The fourth-order valence-corrected chi connectivity index (χ4v) is 3.43. The summed E-state index contributed by atoms with van der Waals surface area (Å²) in [5.74, 6) is 0.284. The van der Waals surface area contributed by atoms with Gasteiger partial charge in [0, 0.05) is 31.8 Å². The third kappa shape index (κ3) is 6.48. The maximum absolute atomic E-state index is 12.5. The first-order valence-corrected chi connectivity index (χ1v) is 10.4. The van der Waals surface area contributed by atoms with E-state index < -0.39 is 0 Å². The van der Waals surface area contributed by atoms with Crippen LogP contribution in [0.15, 0.2) is 36.4 Å². The van der Waals surface area contributed by atoms with Gasteiger partial charge in [0.25, 0.3) is 0 Å². The summed E-state index contributed by atoms with van der Waals surface area (Å²) in [5.41, 5.74) is 2.04. The van der Waals surface area contributed by atoms with Crippen molar-refractivity contribution in [3.8, 4) is 0 Å². The van der Waals surface area contributed by atoms with Gasteiger partial charge in [0.15, 0.2) is 5.78 Å². The van der Waals surface area contributed by atoms with Crippen molar-refractivity contribution in [2.45, 2.75) is 71.1 Å². The van der Waals surface area contributed by atoms with Crippen LogP contribution in [0.5, 0.6) is 0 Å². The average molecular weight is 354 g/mol. The van der Waals surface area contributed by atoms with Gasteiger partial charge in [0.05, 0.1) is 0 Å². The van der Waals surface area contributed by atoms with E-state index in [1.165, 1.54) is 62.4 Å². The number of hydrogen-bond acceptors (Lipinski definition) is 2. The van der Waals surface area contributed by atoms with Gasteiger partial charge in [-0.3, -0.25) is 4.79 Å². The molecule has 0 aliphatic rings. The largest absolute Gasteiger partial charge is 0.378 e. The van der Waals surface area contributed by atoms with E-state index in [0.717, 1.165) is 17.4 Å². The maximum atomic E-state index is 12.5. The molecule has 2 aromatic rings. The van der Waals surface area contributed by atoms with Crippen LogP contribution in [0.4, 0.5) is 5.69 Å². The van der Waals surface area contributed by atoms with Gasteiger partial charge in [-0.2, -0.15) is 0 Å². The molecule has 0 unspecified atom stereocenters. The molecular formula is C24H35NO. The predicted octanol–water partition coefficient (Wildman–Crippen LogP) is 7.01. The zero-order valence-electron chi connectivity index (χ0n) is 16.9. The van der Waals surface area contributed by atoms with E-state index in [-0.39, 0.29) is 5.78 Å². The predicted molar refractivity (Wildman–Crippen MR) is 114 cm³/mol. The van der Waals surface area contributed by atoms with Crippen molar-refractivity contribution in [1.29, 1.82) is 0 Å². The number of fused-ring (bicyclic) bond motifs is 1. The molecule has 0 amide bonds. The van der Waals surface area contributed by atoms with Gasteiger partial charge in [0.2, 0.25) is 0 Å². The van der Waals surface area contributed by atoms with Gasteiger partial charge in [-0.25, -0.2) is 0 Å². The molecule has 142 valence electrons. The third-order valence-electron chi connectivity index (χ3n) is 5.17. The first-order valence-electron chi connectivity index (χ1n) is 10.4. The summed E-state index contributed by atoms with van der Waals surface area (Å²) in [4.78, 5) is 14.6. The Hall–Kier alpha value is -1.83. The van der Waals surface area contributed by atoms with E-state index in [1.54, 1.807) is 0 Å². The Balaban J connectivity index is 1.74. The van der Waals surface area contributed by atoms with E-state index in [0.29, 0.717) is 6.42 Å². The second kappa shape index (κ2) is 11.0. The molecule has 2 rings (SSSR count). The van der Waals surface area contributed by atoms with Crippen molar-refractivity contribution >= 4 is 22.2 Å². The maximum Gasteiger partial charge on any atom is 0.162 e. The molecule has 0 N–H and O–H groups in total. The smallest absolute Gasteiger partial charge is 0.162 e. The van der Waals surface area contributed by atoms with Crippen LogP contribution in [0.3, 0.4) is 0 Å². The fourth-order valence-electron chi connectivity index (χ4n) is 3.43. The highest BCUT2D eigenvalue weighted by atomic mass is 16.1. The van der Waals surface area contributed by atoms with E-state index in [2.05, 4.69) is 36.1 Å². The van der Waals surface area contributed by atoms with Gasteiger partial charge in [0.1, 0.15) is 0 Å². The van der Waals surface area contributed by atoms with Gasteiger partial charge >= 0.3 is 0 Å². The highest BCUT2D eigenvalue weighted by Gasteiger charge is 2.07. The highest BCUT2D eigenvalue weighted by Crippen LogP contribution is 2.23. The van der Waals surface area contributed by atoms with Gasteiger partial charge in [-0.15, -0.1) is 0 Å². The van der Waals surface area contributed by atoms with Crippen molar-refractivity contribution in [3.05, 3.63) is 42.0 Å². The summed E-state index contributed by atoms with van der Waals surface area (Å²) in [6.07, 6.45) is 12.3. The van der Waals surface area contributed by atoms with Crippen molar-refractivity contribution in [3.63, 3.8) is 0 Å². The molecule has 0 aromatic heterocycles. The van der Waals surface area contributed by atoms with Gasteiger partial charge < -0.3 is 4.90 Å². The van der Waals surface area contributed by atoms with Crippen LogP contribution in [-0.4, -0.2) is 19.9 Å². The lowest BCUT2D eigenvalue weighted by molar-refractivity contribution is 0.0979. The number of nitrogens with zero attached hydrogens (tertiary/aromatic N) is 1. The van der Waals surface area contributed by atoms with Gasteiger partial charge in [-0.1, -0.05) is 76.5 Å². The van der Waals surface area contributed by atoms with E-state index >= 15 is 0 Å². The van der Waals surface area contributed by atoms with E-state index in [1.807, 2.05) is 26.2 Å². The van der Waals surface area contributed by atoms with Gasteiger partial charge in [-0.05, 0) is 35.4 Å². The SMILES string of the molecule is CCCCCCCCCCCC(=O)c1ccc2cc(N(C)C)ccc2c1. The number of hydrogen-bond donors (Lipinski definition) is 0. The van der Waals surface area contributed by atoms with E-state index in [4.69, 9.17) is 0 Å². The lowest BCUT2D eigenvalue weighted by atomic mass is 10.00. The molecule has 0 spiro atoms. The lowest BCUT2D eigenvalue weighted by Gasteiger charge is -2.13. The van der Waals surface area contributed by atoms with Crippen LogP contribution in [0, 0.1) is 0 Å². The Labute approximate surface area is 159 Å². The normalized spacial score (nSPS) is 11.0. The first-order chi connectivity index (χ1) is 12.6. The number of ketones is 1. The summed E-state index contributed by atoms with van der Waals surface area (Å²) in [6, 6.07) is 12.5. The molecule has 0 bridgehead atoms. The highest BCUT2D eigenvalue weighted by molar-refractivity contribution is 6.00. The number of Topliss-reactive ketones (excluding diaryl/α,β-unsaturated/α-hetero) is 1. The first kappa shape index (κ1) is 20.5. The molecular weight excluding hydrogens is 318 g/mol. The van der Waals surface area contributed by atoms with Crippen LogP contribution >= 0.6 is 0 Å². The molecule has 0 saturated heterocycles. The minimum Gasteiger partial charge on any atom is -0.378 e. The molecule has 0 radical (unpaired) electrons. The monoisotopic (exact) mass is 353 g/mol. The molecule has 0 saturated carbocycles. The summed E-state index contributed by atoms with van der Waals surface area (Å²) in [5, 5.41) is 2.34. The fraction of sp³-hybridized carbons (Fsp3) is 0.542. The molecule has 0 aliphatic carbocycles. The number of rotatable bonds is 12. The Morgan fingerprint density at radius 3 is 2.00 bits per heavy atom. The number of anilines is 1. The molecule has 2 heteroatoms.